The summed E-state index contributed by atoms with van der Waals surface area (Å²) in [5.41, 5.74) is 2.71. The molecule has 0 amide bonds. The van der Waals surface area contributed by atoms with E-state index >= 15 is 0 Å². The van der Waals surface area contributed by atoms with E-state index in [9.17, 15) is 0 Å². The zero-order valence-electron chi connectivity index (χ0n) is 6.07. The minimum absolute atomic E-state index is 0.330. The van der Waals surface area contributed by atoms with Crippen molar-refractivity contribution in [3.63, 3.8) is 0 Å². The van der Waals surface area contributed by atoms with Crippen LogP contribution in [0.25, 0.3) is 0 Å². The Labute approximate surface area is 59.8 Å². The smallest absolute Gasteiger partial charge is 0.0925 e. The van der Waals surface area contributed by atoms with Crippen LogP contribution in [0.4, 0.5) is 0 Å². The number of hydrogen-bond donors (Lipinski definition) is 2. The van der Waals surface area contributed by atoms with Crippen molar-refractivity contribution in [1.29, 1.82) is 0 Å². The van der Waals surface area contributed by atoms with Crippen LogP contribution in [0.2, 0.25) is 0 Å². The van der Waals surface area contributed by atoms with Gasteiger partial charge in [-0.1, -0.05) is 5.16 Å². The molecule has 0 aromatic carbocycles. The molecule has 1 unspecified atom stereocenters. The van der Waals surface area contributed by atoms with E-state index in [0.717, 1.165) is 0 Å². The molecule has 56 valence electrons. The Bertz CT molecular complexity index is 178. The molecule has 0 aromatic rings. The van der Waals surface area contributed by atoms with Crippen molar-refractivity contribution < 1.29 is 5.21 Å². The van der Waals surface area contributed by atoms with Gasteiger partial charge in [0.15, 0.2) is 0 Å². The average molecular weight is 141 g/mol. The third kappa shape index (κ3) is 1.27. The quantitative estimate of drug-likeness (QED) is 0.311. The van der Waals surface area contributed by atoms with Crippen molar-refractivity contribution in [2.24, 2.45) is 5.16 Å². The van der Waals surface area contributed by atoms with Gasteiger partial charge >= 0.3 is 0 Å². The first kappa shape index (κ1) is 7.08. The van der Waals surface area contributed by atoms with Crippen molar-refractivity contribution in [3.8, 4) is 0 Å². The normalized spacial score (nSPS) is 32.4. The van der Waals surface area contributed by atoms with Crippen LogP contribution in [0.3, 0.4) is 0 Å². The van der Waals surface area contributed by atoms with Crippen LogP contribution in [0.15, 0.2) is 17.4 Å². The molecular formula is C6H11N3O. The first-order chi connectivity index (χ1) is 4.66. The molecule has 0 spiro atoms. The third-order valence-electron chi connectivity index (χ3n) is 1.39. The van der Waals surface area contributed by atoms with Gasteiger partial charge in [0.1, 0.15) is 0 Å². The SMILES string of the molecule is CN1C=CC(C)(/C=N/O)N1. The predicted molar refractivity (Wildman–Crippen MR) is 38.7 cm³/mol. The van der Waals surface area contributed by atoms with Crippen molar-refractivity contribution in [2.45, 2.75) is 12.5 Å². The Kier molecular flexibility index (Phi) is 1.63. The molecule has 2 N–H and O–H groups in total. The van der Waals surface area contributed by atoms with Gasteiger partial charge in [0.2, 0.25) is 0 Å². The number of hydrazine groups is 1. The number of hydrogen-bond acceptors (Lipinski definition) is 4. The number of nitrogens with zero attached hydrogens (tertiary/aromatic N) is 2. The van der Waals surface area contributed by atoms with Crippen LogP contribution in [-0.4, -0.2) is 29.0 Å². The highest BCUT2D eigenvalue weighted by atomic mass is 16.4. The molecule has 1 heterocycles. The molecule has 0 bridgehead atoms. The number of nitrogens with one attached hydrogen (secondary N) is 1. The van der Waals surface area contributed by atoms with Gasteiger partial charge in [-0.3, -0.25) is 0 Å². The second-order valence-corrected chi connectivity index (χ2v) is 2.57. The summed E-state index contributed by atoms with van der Waals surface area (Å²) in [5, 5.41) is 13.0. The zero-order chi connectivity index (χ0) is 7.61. The summed E-state index contributed by atoms with van der Waals surface area (Å²) < 4.78 is 0. The molecule has 0 saturated carbocycles. The first-order valence-corrected chi connectivity index (χ1v) is 3.05. The van der Waals surface area contributed by atoms with Crippen LogP contribution >= 0.6 is 0 Å². The average Bonchev–Trinajstić information content (AvgIpc) is 2.12. The van der Waals surface area contributed by atoms with Crippen molar-refractivity contribution >= 4 is 6.21 Å². The molecule has 1 rings (SSSR count). The summed E-state index contributed by atoms with van der Waals surface area (Å²) in [5.74, 6) is 0. The predicted octanol–water partition coefficient (Wildman–Crippen LogP) is 0.169. The Morgan fingerprint density at radius 2 is 2.50 bits per heavy atom. The number of rotatable bonds is 1. The van der Waals surface area contributed by atoms with E-state index < -0.39 is 0 Å². The monoisotopic (exact) mass is 141 g/mol. The third-order valence-corrected chi connectivity index (χ3v) is 1.39. The fourth-order valence-corrected chi connectivity index (χ4v) is 0.913. The van der Waals surface area contributed by atoms with Crippen LogP contribution in [-0.2, 0) is 0 Å². The van der Waals surface area contributed by atoms with E-state index in [4.69, 9.17) is 5.21 Å². The molecule has 4 heteroatoms. The van der Waals surface area contributed by atoms with Gasteiger partial charge in [0.25, 0.3) is 0 Å². The van der Waals surface area contributed by atoms with Gasteiger partial charge in [-0.2, -0.15) is 0 Å². The molecule has 0 fully saturated rings. The van der Waals surface area contributed by atoms with Gasteiger partial charge in [0.05, 0.1) is 11.8 Å². The summed E-state index contributed by atoms with van der Waals surface area (Å²) in [6, 6.07) is 0. The van der Waals surface area contributed by atoms with E-state index in [1.165, 1.54) is 6.21 Å². The highest BCUT2D eigenvalue weighted by Crippen LogP contribution is 2.09. The Hall–Kier alpha value is -1.03. The molecule has 1 aliphatic heterocycles. The molecule has 10 heavy (non-hydrogen) atoms. The minimum atomic E-state index is -0.330. The first-order valence-electron chi connectivity index (χ1n) is 3.05. The van der Waals surface area contributed by atoms with Gasteiger partial charge in [-0.05, 0) is 13.0 Å². The van der Waals surface area contributed by atoms with E-state index in [1.807, 2.05) is 31.3 Å². The Balaban J connectivity index is 2.65. The zero-order valence-corrected chi connectivity index (χ0v) is 6.07. The van der Waals surface area contributed by atoms with Crippen LogP contribution in [0, 0.1) is 0 Å². The lowest BCUT2D eigenvalue weighted by Crippen LogP contribution is -2.43. The maximum Gasteiger partial charge on any atom is 0.0925 e. The lowest BCUT2D eigenvalue weighted by molar-refractivity contribution is 0.294. The van der Waals surface area contributed by atoms with Crippen LogP contribution < -0.4 is 5.43 Å². The van der Waals surface area contributed by atoms with Gasteiger partial charge in [-0.25, -0.2) is 5.43 Å². The standard InChI is InChI=1S/C6H11N3O/c1-6(5-7-10)3-4-9(2)8-6/h3-5,8,10H,1-2H3/b7-5+. The second-order valence-electron chi connectivity index (χ2n) is 2.57. The summed E-state index contributed by atoms with van der Waals surface area (Å²) in [4.78, 5) is 0. The van der Waals surface area contributed by atoms with Gasteiger partial charge in [0, 0.05) is 13.2 Å². The molecule has 0 aliphatic carbocycles. The highest BCUT2D eigenvalue weighted by molar-refractivity contribution is 5.72. The summed E-state index contributed by atoms with van der Waals surface area (Å²) >= 11 is 0. The second kappa shape index (κ2) is 2.30. The molecule has 1 aliphatic rings. The van der Waals surface area contributed by atoms with Crippen LogP contribution in [0.1, 0.15) is 6.92 Å². The molecule has 0 saturated heterocycles. The lowest BCUT2D eigenvalue weighted by atomic mass is 10.1. The van der Waals surface area contributed by atoms with E-state index in [-0.39, 0.29) is 5.54 Å². The number of oxime groups is 1. The summed E-state index contributed by atoms with van der Waals surface area (Å²) in [7, 11) is 1.88. The van der Waals surface area contributed by atoms with Gasteiger partial charge < -0.3 is 10.2 Å². The summed E-state index contributed by atoms with van der Waals surface area (Å²) in [6.45, 7) is 1.91. The topological polar surface area (TPSA) is 47.9 Å². The van der Waals surface area contributed by atoms with E-state index in [0.29, 0.717) is 0 Å². The maximum atomic E-state index is 8.26. The molecule has 4 nitrogen and oxygen atoms in total. The fourth-order valence-electron chi connectivity index (χ4n) is 0.913. The summed E-state index contributed by atoms with van der Waals surface area (Å²) in [6.07, 6.45) is 5.22. The maximum absolute atomic E-state index is 8.26. The van der Waals surface area contributed by atoms with Crippen molar-refractivity contribution in [3.05, 3.63) is 12.3 Å². The molecular weight excluding hydrogens is 130 g/mol. The van der Waals surface area contributed by atoms with Crippen molar-refractivity contribution in [1.82, 2.24) is 10.4 Å². The fraction of sp³-hybridized carbons (Fsp3) is 0.500. The Morgan fingerprint density at radius 3 is 2.90 bits per heavy atom. The highest BCUT2D eigenvalue weighted by Gasteiger charge is 2.23. The molecule has 0 aromatic heterocycles. The van der Waals surface area contributed by atoms with Crippen molar-refractivity contribution in [2.75, 3.05) is 7.05 Å². The van der Waals surface area contributed by atoms with Crippen LogP contribution in [0.5, 0.6) is 0 Å². The minimum Gasteiger partial charge on any atom is -0.411 e. The van der Waals surface area contributed by atoms with E-state index in [2.05, 4.69) is 10.6 Å². The largest absolute Gasteiger partial charge is 0.411 e. The van der Waals surface area contributed by atoms with E-state index in [1.54, 1.807) is 0 Å². The Morgan fingerprint density at radius 1 is 1.80 bits per heavy atom. The molecule has 0 radical (unpaired) electrons. The molecule has 1 atom stereocenters. The van der Waals surface area contributed by atoms with Gasteiger partial charge in [-0.15, -0.1) is 0 Å². The lowest BCUT2D eigenvalue weighted by Gasteiger charge is -2.19.